The molecule has 182 valence electrons. The largest absolute Gasteiger partial charge is 0.509 e. The maximum Gasteiger partial charge on any atom is 0.509 e. The lowest BCUT2D eigenvalue weighted by Crippen LogP contribution is -2.41. The van der Waals surface area contributed by atoms with E-state index in [1.165, 1.54) is 4.90 Å². The van der Waals surface area contributed by atoms with E-state index in [-0.39, 0.29) is 25.1 Å². The van der Waals surface area contributed by atoms with E-state index in [4.69, 9.17) is 4.84 Å². The van der Waals surface area contributed by atoms with Crippen LogP contribution in [0.2, 0.25) is 0 Å². The molecule has 0 aromatic heterocycles. The van der Waals surface area contributed by atoms with Crippen LogP contribution < -0.4 is 5.32 Å². The Hall–Kier alpha value is -3.14. The van der Waals surface area contributed by atoms with E-state index in [9.17, 15) is 30.4 Å². The highest BCUT2D eigenvalue weighted by molar-refractivity contribution is 7.93. The number of hydrogen-bond acceptors (Lipinski definition) is 6. The average Bonchev–Trinajstić information content (AvgIpc) is 3.39. The van der Waals surface area contributed by atoms with Crippen LogP contribution in [0.4, 0.5) is 22.0 Å². The van der Waals surface area contributed by atoms with Gasteiger partial charge in [0.15, 0.2) is 6.10 Å². The Labute approximate surface area is 192 Å². The Bertz CT molecular complexity index is 1230. The molecule has 3 aliphatic rings. The number of rotatable bonds is 3. The molecule has 2 unspecified atom stereocenters. The third-order valence-corrected chi connectivity index (χ3v) is 6.32. The lowest BCUT2D eigenvalue weighted by Gasteiger charge is -2.29. The van der Waals surface area contributed by atoms with E-state index < -0.39 is 63.3 Å². The van der Waals surface area contributed by atoms with Crippen molar-refractivity contribution >= 4 is 21.4 Å². The second kappa shape index (κ2) is 9.25. The second-order valence-corrected chi connectivity index (χ2v) is 9.74. The fraction of sp³-hybridized carbons (Fsp3) is 0.429. The van der Waals surface area contributed by atoms with E-state index in [0.717, 1.165) is 0 Å². The maximum absolute atomic E-state index is 14.5. The lowest BCUT2D eigenvalue weighted by molar-refractivity contribution is 0.0724. The Balaban J connectivity index is 1.50. The minimum Gasteiger partial charge on any atom is -0.388 e. The van der Waals surface area contributed by atoms with Crippen LogP contribution >= 0.6 is 0 Å². The van der Waals surface area contributed by atoms with Crippen molar-refractivity contribution in [2.24, 2.45) is 11.1 Å². The minimum atomic E-state index is -4.33. The number of likely N-dealkylation sites (tertiary alicyclic amines) is 1. The predicted molar refractivity (Wildman–Crippen MR) is 114 cm³/mol. The Morgan fingerprint density at radius 2 is 1.97 bits per heavy atom. The minimum absolute atomic E-state index is 0.0115. The number of hydrogen-bond donors (Lipinski definition) is 1. The number of alkyl halides is 2. The van der Waals surface area contributed by atoms with Gasteiger partial charge in [-0.3, -0.25) is 0 Å². The molecule has 4 atom stereocenters. The van der Waals surface area contributed by atoms with Crippen LogP contribution in [0.15, 0.2) is 35.1 Å². The molecule has 7 nitrogen and oxygen atoms in total. The summed E-state index contributed by atoms with van der Waals surface area (Å²) in [4.78, 5) is 7.01. The molecule has 0 aliphatic carbocycles. The summed E-state index contributed by atoms with van der Waals surface area (Å²) < 4.78 is 94.6. The van der Waals surface area contributed by atoms with Crippen LogP contribution in [-0.2, 0) is 14.9 Å². The molecule has 1 N–H and O–H groups in total. The summed E-state index contributed by atoms with van der Waals surface area (Å²) in [5, 5.41) is 7.00. The topological polar surface area (TPSA) is 75.4 Å². The van der Waals surface area contributed by atoms with Gasteiger partial charge in [-0.1, -0.05) is 11.2 Å². The highest BCUT2D eigenvalue weighted by Crippen LogP contribution is 2.34. The first kappa shape index (κ1) is 24.0. The summed E-state index contributed by atoms with van der Waals surface area (Å²) in [6, 6.07) is 0.872. The van der Waals surface area contributed by atoms with Crippen molar-refractivity contribution in [1.82, 2.24) is 10.2 Å². The van der Waals surface area contributed by atoms with E-state index in [2.05, 4.69) is 20.8 Å². The van der Waals surface area contributed by atoms with E-state index >= 15 is 0 Å². The predicted octanol–water partition coefficient (Wildman–Crippen LogP) is 3.32. The SMILES string of the molecule is CC1=CNC([C@@H]2CC(N3CC(C#[N+]S(=O)(=O)CF)[C@@H](F)C3)=NO2)C(c2c(F)cc(F)cc2F)=C1. The summed E-state index contributed by atoms with van der Waals surface area (Å²) in [5.74, 6) is -3.84. The summed E-state index contributed by atoms with van der Waals surface area (Å²) in [6.45, 7) is 1.56. The molecule has 4 rings (SSSR count). The smallest absolute Gasteiger partial charge is 0.388 e. The monoisotopic (exact) mass is 503 g/mol. The van der Waals surface area contributed by atoms with Gasteiger partial charge in [-0.25, -0.2) is 22.0 Å². The second-order valence-electron chi connectivity index (χ2n) is 8.17. The van der Waals surface area contributed by atoms with E-state index in [1.54, 1.807) is 19.2 Å². The fourth-order valence-corrected chi connectivity index (χ4v) is 4.40. The lowest BCUT2D eigenvalue weighted by atomic mass is 9.89. The van der Waals surface area contributed by atoms with Crippen LogP contribution in [0.25, 0.3) is 9.82 Å². The quantitative estimate of drug-likeness (QED) is 0.641. The first-order valence-electron chi connectivity index (χ1n) is 10.2. The van der Waals surface area contributed by atoms with Crippen molar-refractivity contribution in [1.29, 1.82) is 0 Å². The number of benzene rings is 1. The van der Waals surface area contributed by atoms with Crippen molar-refractivity contribution in [2.45, 2.75) is 31.7 Å². The number of nitrogens with zero attached hydrogens (tertiary/aromatic N) is 3. The van der Waals surface area contributed by atoms with Gasteiger partial charge in [-0.15, -0.1) is 8.42 Å². The number of nitrogens with one attached hydrogen (secondary N) is 1. The average molecular weight is 503 g/mol. The molecule has 3 heterocycles. The van der Waals surface area contributed by atoms with Gasteiger partial charge in [0.1, 0.15) is 35.4 Å². The first-order chi connectivity index (χ1) is 16.1. The zero-order valence-corrected chi connectivity index (χ0v) is 18.6. The van der Waals surface area contributed by atoms with Gasteiger partial charge < -0.3 is 15.1 Å². The van der Waals surface area contributed by atoms with Crippen molar-refractivity contribution in [3.8, 4) is 6.07 Å². The van der Waals surface area contributed by atoms with Crippen LogP contribution in [0, 0.1) is 29.4 Å². The van der Waals surface area contributed by atoms with Crippen molar-refractivity contribution < 1.29 is 35.2 Å². The van der Waals surface area contributed by atoms with Gasteiger partial charge in [0.2, 0.25) is 0 Å². The Kier molecular flexibility index (Phi) is 6.53. The molecule has 1 aromatic rings. The number of sulfonamides is 1. The molecule has 0 spiro atoms. The number of allylic oxidation sites excluding steroid dienone is 2. The Morgan fingerprint density at radius 1 is 1.26 bits per heavy atom. The normalized spacial score (nSPS) is 26.6. The van der Waals surface area contributed by atoms with Crippen molar-refractivity contribution in [2.75, 3.05) is 19.1 Å². The van der Waals surface area contributed by atoms with E-state index in [0.29, 0.717) is 23.5 Å². The Morgan fingerprint density at radius 3 is 2.65 bits per heavy atom. The van der Waals surface area contributed by atoms with Gasteiger partial charge in [0, 0.05) is 18.7 Å². The summed E-state index contributed by atoms with van der Waals surface area (Å²) >= 11 is 0. The van der Waals surface area contributed by atoms with Gasteiger partial charge in [-0.05, 0) is 24.3 Å². The summed E-state index contributed by atoms with van der Waals surface area (Å²) in [6.07, 6.45) is 1.09. The number of amidine groups is 1. The van der Waals surface area contributed by atoms with Crippen molar-refractivity contribution in [3.05, 3.63) is 57.2 Å². The van der Waals surface area contributed by atoms with Crippen LogP contribution in [-0.4, -0.2) is 56.6 Å². The van der Waals surface area contributed by atoms with E-state index in [1.807, 2.05) is 0 Å². The molecule has 13 heteroatoms. The zero-order valence-electron chi connectivity index (χ0n) is 17.8. The zero-order chi connectivity index (χ0) is 24.6. The third-order valence-electron chi connectivity index (χ3n) is 5.66. The number of halogens is 5. The molecule has 0 bridgehead atoms. The van der Waals surface area contributed by atoms with Crippen LogP contribution in [0.1, 0.15) is 18.9 Å². The van der Waals surface area contributed by atoms with Gasteiger partial charge in [0.05, 0.1) is 28.8 Å². The van der Waals surface area contributed by atoms with Gasteiger partial charge in [-0.2, -0.15) is 0 Å². The standard InChI is InChI=1S/C21H20F5N4O3S/c1-11-2-14(20-15(24)3-13(23)4-16(20)25)21(27-6-11)18-5-19(29-33-18)30-8-12(17(26)9-30)7-28-34(31,32)10-22/h2-4,6,12,17-18,21,27H,5,8-10H2,1H3/q+1/t12?,17-,18-,21?/m0/s1. The van der Waals surface area contributed by atoms with Crippen molar-refractivity contribution in [3.63, 3.8) is 0 Å². The number of dihydropyridines is 1. The molecule has 0 saturated carbocycles. The number of oxime groups is 1. The molecular formula is C21H20F5N4O3S+. The molecule has 34 heavy (non-hydrogen) atoms. The van der Waals surface area contributed by atoms with Gasteiger partial charge in [0.25, 0.3) is 6.01 Å². The first-order valence-corrected chi connectivity index (χ1v) is 11.9. The molecule has 3 aliphatic heterocycles. The molecule has 1 aromatic carbocycles. The molecule has 0 radical (unpaired) electrons. The summed E-state index contributed by atoms with van der Waals surface area (Å²) in [7, 11) is -4.33. The highest BCUT2D eigenvalue weighted by Gasteiger charge is 2.42. The van der Waals surface area contributed by atoms with Crippen LogP contribution in [0.3, 0.4) is 0 Å². The van der Waals surface area contributed by atoms with Crippen LogP contribution in [0.5, 0.6) is 0 Å². The highest BCUT2D eigenvalue weighted by atomic mass is 32.2. The molecular weight excluding hydrogens is 483 g/mol. The van der Waals surface area contributed by atoms with Gasteiger partial charge >= 0.3 is 16.1 Å². The molecule has 0 amide bonds. The summed E-state index contributed by atoms with van der Waals surface area (Å²) in [5.41, 5.74) is 0.485. The molecule has 1 saturated heterocycles. The maximum atomic E-state index is 14.5. The third kappa shape index (κ3) is 4.86. The fourth-order valence-electron chi connectivity index (χ4n) is 4.06. The molecule has 1 fully saturated rings.